The van der Waals surface area contributed by atoms with Gasteiger partial charge >= 0.3 is 0 Å². The van der Waals surface area contributed by atoms with E-state index >= 15 is 0 Å². The van der Waals surface area contributed by atoms with Crippen molar-refractivity contribution >= 4 is 11.8 Å². The van der Waals surface area contributed by atoms with E-state index in [-0.39, 0.29) is 0 Å². The first-order valence-electron chi connectivity index (χ1n) is 8.43. The summed E-state index contributed by atoms with van der Waals surface area (Å²) < 4.78 is 0. The number of hydrogen-bond acceptors (Lipinski definition) is 3. The molecule has 0 bridgehead atoms. The monoisotopic (exact) mass is 304 g/mol. The Morgan fingerprint density at radius 3 is 2.81 bits per heavy atom. The molecular formula is C18H28N2S. The van der Waals surface area contributed by atoms with Crippen LogP contribution >= 0.6 is 11.8 Å². The van der Waals surface area contributed by atoms with Crippen molar-refractivity contribution in [2.75, 3.05) is 18.8 Å². The zero-order valence-corrected chi connectivity index (χ0v) is 14.1. The van der Waals surface area contributed by atoms with E-state index in [1.165, 1.54) is 37.1 Å². The average Bonchev–Trinajstić information content (AvgIpc) is 2.97. The Balaban J connectivity index is 1.73. The van der Waals surface area contributed by atoms with Crippen molar-refractivity contribution < 1.29 is 0 Å². The SMILES string of the molecule is CCSC1CCC(N2CC(C)NCC2c2ccccc2)C1. The largest absolute Gasteiger partial charge is 0.311 e. The van der Waals surface area contributed by atoms with Crippen molar-refractivity contribution in [3.63, 3.8) is 0 Å². The van der Waals surface area contributed by atoms with Gasteiger partial charge in [0.25, 0.3) is 0 Å². The molecule has 0 radical (unpaired) electrons. The maximum absolute atomic E-state index is 3.67. The summed E-state index contributed by atoms with van der Waals surface area (Å²) in [5.41, 5.74) is 1.48. The Bertz CT molecular complexity index is 436. The number of benzene rings is 1. The summed E-state index contributed by atoms with van der Waals surface area (Å²) in [6.45, 7) is 6.89. The minimum absolute atomic E-state index is 0.553. The van der Waals surface area contributed by atoms with E-state index in [9.17, 15) is 0 Å². The van der Waals surface area contributed by atoms with E-state index in [0.29, 0.717) is 12.1 Å². The van der Waals surface area contributed by atoms with Crippen LogP contribution in [0.4, 0.5) is 0 Å². The van der Waals surface area contributed by atoms with Crippen LogP contribution in [0.15, 0.2) is 30.3 Å². The number of thioether (sulfide) groups is 1. The summed E-state index contributed by atoms with van der Waals surface area (Å²) in [7, 11) is 0. The van der Waals surface area contributed by atoms with E-state index in [1.54, 1.807) is 0 Å². The van der Waals surface area contributed by atoms with Gasteiger partial charge in [-0.1, -0.05) is 37.3 Å². The number of piperazine rings is 1. The lowest BCUT2D eigenvalue weighted by molar-refractivity contribution is 0.0876. The second kappa shape index (κ2) is 7.17. The molecule has 2 fully saturated rings. The van der Waals surface area contributed by atoms with Gasteiger partial charge in [-0.25, -0.2) is 0 Å². The van der Waals surface area contributed by atoms with Crippen molar-refractivity contribution in [1.82, 2.24) is 10.2 Å². The molecule has 2 aliphatic rings. The quantitative estimate of drug-likeness (QED) is 0.913. The highest BCUT2D eigenvalue weighted by Gasteiger charge is 2.36. The van der Waals surface area contributed by atoms with Gasteiger partial charge in [-0.2, -0.15) is 11.8 Å². The number of nitrogens with one attached hydrogen (secondary N) is 1. The molecule has 0 spiro atoms. The molecule has 116 valence electrons. The fraction of sp³-hybridized carbons (Fsp3) is 0.667. The van der Waals surface area contributed by atoms with Gasteiger partial charge < -0.3 is 5.32 Å². The van der Waals surface area contributed by atoms with Crippen LogP contribution in [0.25, 0.3) is 0 Å². The summed E-state index contributed by atoms with van der Waals surface area (Å²) in [5, 5.41) is 4.56. The molecule has 3 heteroatoms. The smallest absolute Gasteiger partial charge is 0.0476 e. The number of rotatable bonds is 4. The lowest BCUT2D eigenvalue weighted by Gasteiger charge is -2.43. The molecule has 1 saturated carbocycles. The van der Waals surface area contributed by atoms with Gasteiger partial charge in [0, 0.05) is 36.5 Å². The van der Waals surface area contributed by atoms with Crippen molar-refractivity contribution in [2.45, 2.75) is 56.5 Å². The van der Waals surface area contributed by atoms with Crippen molar-refractivity contribution in [1.29, 1.82) is 0 Å². The first-order chi connectivity index (χ1) is 10.3. The molecule has 1 aromatic carbocycles. The third kappa shape index (κ3) is 3.64. The molecule has 1 saturated heterocycles. The maximum Gasteiger partial charge on any atom is 0.0476 e. The molecule has 21 heavy (non-hydrogen) atoms. The van der Waals surface area contributed by atoms with Crippen LogP contribution in [0.2, 0.25) is 0 Å². The van der Waals surface area contributed by atoms with Crippen molar-refractivity contribution in [3.05, 3.63) is 35.9 Å². The Morgan fingerprint density at radius 1 is 1.24 bits per heavy atom. The fourth-order valence-corrected chi connectivity index (χ4v) is 5.06. The molecule has 0 amide bonds. The average molecular weight is 305 g/mol. The van der Waals surface area contributed by atoms with Crippen LogP contribution in [-0.2, 0) is 0 Å². The molecule has 3 rings (SSSR count). The lowest BCUT2D eigenvalue weighted by Crippen LogP contribution is -2.54. The van der Waals surface area contributed by atoms with Gasteiger partial charge in [-0.15, -0.1) is 0 Å². The summed E-state index contributed by atoms with van der Waals surface area (Å²) >= 11 is 2.16. The first-order valence-corrected chi connectivity index (χ1v) is 9.48. The van der Waals surface area contributed by atoms with Crippen LogP contribution in [0.3, 0.4) is 0 Å². The van der Waals surface area contributed by atoms with E-state index in [4.69, 9.17) is 0 Å². The molecule has 1 aliphatic heterocycles. The van der Waals surface area contributed by atoms with Gasteiger partial charge in [-0.3, -0.25) is 4.90 Å². The molecular weight excluding hydrogens is 276 g/mol. The Labute approximate surface area is 133 Å². The number of nitrogens with zero attached hydrogens (tertiary/aromatic N) is 1. The first kappa shape index (κ1) is 15.4. The normalized spacial score (nSPS) is 34.2. The fourth-order valence-electron chi connectivity index (χ4n) is 3.93. The maximum atomic E-state index is 3.67. The lowest BCUT2D eigenvalue weighted by atomic mass is 9.98. The second-order valence-corrected chi connectivity index (χ2v) is 8.05. The summed E-state index contributed by atoms with van der Waals surface area (Å²) in [6, 6.07) is 13.0. The second-order valence-electron chi connectivity index (χ2n) is 6.48. The van der Waals surface area contributed by atoms with Crippen LogP contribution in [0, 0.1) is 0 Å². The minimum atomic E-state index is 0.553. The van der Waals surface area contributed by atoms with E-state index < -0.39 is 0 Å². The molecule has 4 unspecified atom stereocenters. The molecule has 4 atom stereocenters. The van der Waals surface area contributed by atoms with Gasteiger partial charge in [0.05, 0.1) is 0 Å². The zero-order valence-electron chi connectivity index (χ0n) is 13.3. The summed E-state index contributed by atoms with van der Waals surface area (Å²) in [6.07, 6.45) is 4.17. The van der Waals surface area contributed by atoms with Crippen molar-refractivity contribution in [3.8, 4) is 0 Å². The van der Waals surface area contributed by atoms with E-state index in [2.05, 4.69) is 66.2 Å². The van der Waals surface area contributed by atoms with Gasteiger partial charge in [-0.05, 0) is 37.5 Å². The highest BCUT2D eigenvalue weighted by Crippen LogP contribution is 2.37. The molecule has 2 nitrogen and oxygen atoms in total. The number of hydrogen-bond donors (Lipinski definition) is 1. The molecule has 1 aliphatic carbocycles. The molecule has 1 heterocycles. The van der Waals surface area contributed by atoms with Crippen LogP contribution in [0.1, 0.15) is 44.7 Å². The third-order valence-corrected chi connectivity index (χ3v) is 6.19. The van der Waals surface area contributed by atoms with Crippen LogP contribution in [0.5, 0.6) is 0 Å². The van der Waals surface area contributed by atoms with Crippen LogP contribution < -0.4 is 5.32 Å². The highest BCUT2D eigenvalue weighted by atomic mass is 32.2. The van der Waals surface area contributed by atoms with Crippen molar-refractivity contribution in [2.24, 2.45) is 0 Å². The van der Waals surface area contributed by atoms with E-state index in [1.807, 2.05) is 0 Å². The summed E-state index contributed by atoms with van der Waals surface area (Å²) in [4.78, 5) is 2.80. The standard InChI is InChI=1S/C18H28N2S/c1-3-21-17-10-9-16(11-17)20-13-14(2)19-12-18(20)15-7-5-4-6-8-15/h4-8,14,16-19H,3,9-13H2,1-2H3. The molecule has 1 aromatic rings. The van der Waals surface area contributed by atoms with Gasteiger partial charge in [0.2, 0.25) is 0 Å². The topological polar surface area (TPSA) is 15.3 Å². The molecule has 0 aromatic heterocycles. The minimum Gasteiger partial charge on any atom is -0.311 e. The Morgan fingerprint density at radius 2 is 2.05 bits per heavy atom. The third-order valence-electron chi connectivity index (χ3n) is 4.96. The molecule has 1 N–H and O–H groups in total. The van der Waals surface area contributed by atoms with Crippen LogP contribution in [-0.4, -0.2) is 41.1 Å². The highest BCUT2D eigenvalue weighted by molar-refractivity contribution is 7.99. The Kier molecular flexibility index (Phi) is 5.25. The Hall–Kier alpha value is -0.510. The predicted octanol–water partition coefficient (Wildman–Crippen LogP) is 3.70. The van der Waals surface area contributed by atoms with E-state index in [0.717, 1.165) is 17.8 Å². The predicted molar refractivity (Wildman–Crippen MR) is 92.9 cm³/mol. The van der Waals surface area contributed by atoms with Gasteiger partial charge in [0.1, 0.15) is 0 Å². The zero-order chi connectivity index (χ0) is 14.7. The van der Waals surface area contributed by atoms with Gasteiger partial charge in [0.15, 0.2) is 0 Å². The summed E-state index contributed by atoms with van der Waals surface area (Å²) in [5.74, 6) is 1.26.